The van der Waals surface area contributed by atoms with Crippen LogP contribution < -0.4 is 5.73 Å². The van der Waals surface area contributed by atoms with E-state index in [1.54, 1.807) is 11.0 Å². The smallest absolute Gasteiger partial charge is 0.270 e. The minimum Gasteiger partial charge on any atom is -0.338 e. The first-order valence-corrected chi connectivity index (χ1v) is 5.34. The van der Waals surface area contributed by atoms with Gasteiger partial charge in [-0.05, 0) is 13.0 Å². The maximum absolute atomic E-state index is 12.0. The molecule has 0 heterocycles. The van der Waals surface area contributed by atoms with Gasteiger partial charge < -0.3 is 10.6 Å². The first-order chi connectivity index (χ1) is 8.10. The summed E-state index contributed by atoms with van der Waals surface area (Å²) in [6.07, 6.45) is 0. The molecule has 17 heavy (non-hydrogen) atoms. The van der Waals surface area contributed by atoms with Gasteiger partial charge in [0.15, 0.2) is 0 Å². The van der Waals surface area contributed by atoms with E-state index >= 15 is 0 Å². The molecular formula is C11H15N3O3. The van der Waals surface area contributed by atoms with Gasteiger partial charge in [0.2, 0.25) is 0 Å². The number of nitro benzene ring substituents is 1. The van der Waals surface area contributed by atoms with Gasteiger partial charge in [-0.3, -0.25) is 14.9 Å². The molecule has 0 saturated carbocycles. The second-order valence-electron chi connectivity index (χ2n) is 3.48. The van der Waals surface area contributed by atoms with Crippen molar-refractivity contribution < 1.29 is 9.72 Å². The number of likely N-dealkylation sites (N-methyl/N-ethyl adjacent to an activating group) is 1. The van der Waals surface area contributed by atoms with Gasteiger partial charge in [-0.15, -0.1) is 0 Å². The minimum absolute atomic E-state index is 0.0837. The van der Waals surface area contributed by atoms with E-state index in [9.17, 15) is 14.9 Å². The van der Waals surface area contributed by atoms with Crippen LogP contribution in [0.3, 0.4) is 0 Å². The van der Waals surface area contributed by atoms with E-state index in [4.69, 9.17) is 5.73 Å². The summed E-state index contributed by atoms with van der Waals surface area (Å²) in [6.45, 7) is 3.18. The van der Waals surface area contributed by atoms with E-state index in [0.717, 1.165) is 0 Å². The third-order valence-electron chi connectivity index (χ3n) is 2.37. The summed E-state index contributed by atoms with van der Waals surface area (Å²) in [5.41, 5.74) is 5.63. The molecule has 0 aliphatic rings. The molecule has 1 aromatic carbocycles. The fourth-order valence-electron chi connectivity index (χ4n) is 1.49. The first-order valence-electron chi connectivity index (χ1n) is 5.34. The van der Waals surface area contributed by atoms with E-state index in [1.807, 2.05) is 6.92 Å². The zero-order valence-corrected chi connectivity index (χ0v) is 9.63. The van der Waals surface area contributed by atoms with Gasteiger partial charge in [-0.25, -0.2) is 0 Å². The molecule has 1 rings (SSSR count). The Labute approximate surface area is 99.2 Å². The van der Waals surface area contributed by atoms with E-state index < -0.39 is 4.92 Å². The van der Waals surface area contributed by atoms with Crippen molar-refractivity contribution in [3.8, 4) is 0 Å². The summed E-state index contributed by atoms with van der Waals surface area (Å²) >= 11 is 0. The number of carbonyl (C=O) groups is 1. The van der Waals surface area contributed by atoms with E-state index in [2.05, 4.69) is 0 Å². The second kappa shape index (κ2) is 5.95. The summed E-state index contributed by atoms with van der Waals surface area (Å²) in [7, 11) is 0. The van der Waals surface area contributed by atoms with Crippen molar-refractivity contribution in [1.29, 1.82) is 0 Å². The molecule has 0 fully saturated rings. The molecule has 0 spiro atoms. The molecule has 6 heteroatoms. The van der Waals surface area contributed by atoms with Crippen LogP contribution in [0, 0.1) is 10.1 Å². The Morgan fingerprint density at radius 3 is 2.76 bits per heavy atom. The highest BCUT2D eigenvalue weighted by Crippen LogP contribution is 2.14. The summed E-state index contributed by atoms with van der Waals surface area (Å²) in [6, 6.07) is 5.70. The van der Waals surface area contributed by atoms with Crippen LogP contribution in [0.4, 0.5) is 5.69 Å². The third kappa shape index (κ3) is 3.25. The molecule has 0 radical (unpaired) electrons. The zero-order valence-electron chi connectivity index (χ0n) is 9.63. The maximum atomic E-state index is 12.0. The van der Waals surface area contributed by atoms with Crippen molar-refractivity contribution in [2.75, 3.05) is 19.6 Å². The maximum Gasteiger partial charge on any atom is 0.270 e. The molecule has 1 amide bonds. The van der Waals surface area contributed by atoms with Crippen LogP contribution in [-0.4, -0.2) is 35.4 Å². The molecular weight excluding hydrogens is 222 g/mol. The fraction of sp³-hybridized carbons (Fsp3) is 0.364. The van der Waals surface area contributed by atoms with Crippen LogP contribution in [0.1, 0.15) is 17.3 Å². The van der Waals surface area contributed by atoms with Crippen LogP contribution in [0.25, 0.3) is 0 Å². The highest BCUT2D eigenvalue weighted by Gasteiger charge is 2.16. The number of non-ortho nitro benzene ring substituents is 1. The predicted molar refractivity (Wildman–Crippen MR) is 63.7 cm³/mol. The Bertz CT molecular complexity index is 420. The van der Waals surface area contributed by atoms with Gasteiger partial charge in [0, 0.05) is 37.3 Å². The van der Waals surface area contributed by atoms with Crippen molar-refractivity contribution in [3.63, 3.8) is 0 Å². The van der Waals surface area contributed by atoms with Crippen LogP contribution in [0.15, 0.2) is 24.3 Å². The van der Waals surface area contributed by atoms with E-state index in [-0.39, 0.29) is 11.6 Å². The predicted octanol–water partition coefficient (Wildman–Crippen LogP) is 1.02. The highest BCUT2D eigenvalue weighted by atomic mass is 16.6. The number of nitrogens with two attached hydrogens (primary N) is 1. The SMILES string of the molecule is CCN(CCN)C(=O)c1cccc([N+](=O)[O-])c1. The summed E-state index contributed by atoms with van der Waals surface area (Å²) in [4.78, 5) is 23.6. The number of rotatable bonds is 5. The van der Waals surface area contributed by atoms with Crippen molar-refractivity contribution in [2.45, 2.75) is 6.92 Å². The fourth-order valence-corrected chi connectivity index (χ4v) is 1.49. The number of hydrogen-bond donors (Lipinski definition) is 1. The lowest BCUT2D eigenvalue weighted by Crippen LogP contribution is -2.35. The Hall–Kier alpha value is -1.95. The number of nitrogens with zero attached hydrogens (tertiary/aromatic N) is 2. The minimum atomic E-state index is -0.518. The van der Waals surface area contributed by atoms with Crippen molar-refractivity contribution in [2.24, 2.45) is 5.73 Å². The largest absolute Gasteiger partial charge is 0.338 e. The molecule has 0 unspecified atom stereocenters. The van der Waals surface area contributed by atoms with Crippen molar-refractivity contribution in [1.82, 2.24) is 4.90 Å². The molecule has 0 aliphatic carbocycles. The Kier molecular flexibility index (Phi) is 4.59. The summed E-state index contributed by atoms with van der Waals surface area (Å²) < 4.78 is 0. The number of benzene rings is 1. The monoisotopic (exact) mass is 237 g/mol. The zero-order chi connectivity index (χ0) is 12.8. The lowest BCUT2D eigenvalue weighted by molar-refractivity contribution is -0.384. The normalized spacial score (nSPS) is 10.0. The number of nitro groups is 1. The van der Waals surface area contributed by atoms with Gasteiger partial charge in [0.1, 0.15) is 0 Å². The standard InChI is InChI=1S/C11H15N3O3/c1-2-13(7-6-12)11(15)9-4-3-5-10(8-9)14(16)17/h3-5,8H,2,6-7,12H2,1H3. The summed E-state index contributed by atoms with van der Waals surface area (Å²) in [5, 5.41) is 10.6. The lowest BCUT2D eigenvalue weighted by Gasteiger charge is -2.19. The molecule has 0 bridgehead atoms. The van der Waals surface area contributed by atoms with Crippen LogP contribution in [0.5, 0.6) is 0 Å². The van der Waals surface area contributed by atoms with Crippen LogP contribution in [0.2, 0.25) is 0 Å². The van der Waals surface area contributed by atoms with Gasteiger partial charge in [0.25, 0.3) is 11.6 Å². The molecule has 92 valence electrons. The molecule has 1 aromatic rings. The number of carbonyl (C=O) groups excluding carboxylic acids is 1. The quantitative estimate of drug-likeness (QED) is 0.611. The molecule has 2 N–H and O–H groups in total. The van der Waals surface area contributed by atoms with Crippen molar-refractivity contribution >= 4 is 11.6 Å². The van der Waals surface area contributed by atoms with E-state index in [0.29, 0.717) is 25.2 Å². The Balaban J connectivity index is 2.95. The molecule has 0 saturated heterocycles. The molecule has 0 atom stereocenters. The Morgan fingerprint density at radius 2 is 2.24 bits per heavy atom. The average molecular weight is 237 g/mol. The lowest BCUT2D eigenvalue weighted by atomic mass is 10.1. The van der Waals surface area contributed by atoms with Crippen molar-refractivity contribution in [3.05, 3.63) is 39.9 Å². The summed E-state index contributed by atoms with van der Waals surface area (Å²) in [5.74, 6) is -0.235. The van der Waals surface area contributed by atoms with E-state index in [1.165, 1.54) is 18.2 Å². The number of amides is 1. The van der Waals surface area contributed by atoms with Gasteiger partial charge in [0.05, 0.1) is 4.92 Å². The van der Waals surface area contributed by atoms with Gasteiger partial charge in [-0.1, -0.05) is 6.07 Å². The Morgan fingerprint density at radius 1 is 1.53 bits per heavy atom. The van der Waals surface area contributed by atoms with Crippen LogP contribution in [-0.2, 0) is 0 Å². The van der Waals surface area contributed by atoms with Gasteiger partial charge in [-0.2, -0.15) is 0 Å². The number of hydrogen-bond acceptors (Lipinski definition) is 4. The first kappa shape index (κ1) is 13.1. The van der Waals surface area contributed by atoms with Gasteiger partial charge >= 0.3 is 0 Å². The highest BCUT2D eigenvalue weighted by molar-refractivity contribution is 5.94. The topological polar surface area (TPSA) is 89.5 Å². The molecule has 6 nitrogen and oxygen atoms in total. The molecule has 0 aliphatic heterocycles. The molecule has 0 aromatic heterocycles. The van der Waals surface area contributed by atoms with Crippen LogP contribution >= 0.6 is 0 Å². The second-order valence-corrected chi connectivity index (χ2v) is 3.48. The third-order valence-corrected chi connectivity index (χ3v) is 2.37. The average Bonchev–Trinajstić information content (AvgIpc) is 2.35.